The molecular formula is C15H14ClN5O. The Balaban J connectivity index is 2.08. The molecule has 6 nitrogen and oxygen atoms in total. The van der Waals surface area contributed by atoms with Crippen molar-refractivity contribution in [2.24, 2.45) is 11.7 Å². The van der Waals surface area contributed by atoms with Crippen LogP contribution in [0.5, 0.6) is 0 Å². The number of aromatic amines is 1. The predicted molar refractivity (Wildman–Crippen MR) is 84.1 cm³/mol. The molecule has 3 N–H and O–H groups in total. The van der Waals surface area contributed by atoms with Crippen molar-refractivity contribution in [3.05, 3.63) is 51.7 Å². The molecule has 2 aromatic heterocycles. The molecule has 112 valence electrons. The van der Waals surface area contributed by atoms with Crippen molar-refractivity contribution < 1.29 is 0 Å². The number of fused-ring (bicyclic) bond motifs is 1. The van der Waals surface area contributed by atoms with Crippen LogP contribution in [0.3, 0.4) is 0 Å². The highest BCUT2D eigenvalue weighted by Gasteiger charge is 2.33. The first-order valence-corrected chi connectivity index (χ1v) is 7.51. The monoisotopic (exact) mass is 315 g/mol. The lowest BCUT2D eigenvalue weighted by molar-refractivity contribution is 0.571. The summed E-state index contributed by atoms with van der Waals surface area (Å²) >= 11 is 6.19. The molecule has 1 atom stereocenters. The van der Waals surface area contributed by atoms with Gasteiger partial charge in [-0.05, 0) is 30.9 Å². The Morgan fingerprint density at radius 2 is 2.18 bits per heavy atom. The van der Waals surface area contributed by atoms with E-state index in [0.29, 0.717) is 33.5 Å². The molecule has 0 amide bonds. The molecule has 0 unspecified atom stereocenters. The van der Waals surface area contributed by atoms with Gasteiger partial charge in [0, 0.05) is 6.07 Å². The lowest BCUT2D eigenvalue weighted by Crippen LogP contribution is -2.29. The van der Waals surface area contributed by atoms with Crippen LogP contribution in [0.1, 0.15) is 24.7 Å². The largest absolute Gasteiger partial charge is 0.321 e. The van der Waals surface area contributed by atoms with Gasteiger partial charge >= 0.3 is 0 Å². The third-order valence-corrected chi connectivity index (χ3v) is 4.34. The number of nitrogens with zero attached hydrogens (tertiary/aromatic N) is 3. The van der Waals surface area contributed by atoms with E-state index in [9.17, 15) is 4.79 Å². The van der Waals surface area contributed by atoms with Crippen LogP contribution >= 0.6 is 11.6 Å². The highest BCUT2D eigenvalue weighted by molar-refractivity contribution is 6.35. The van der Waals surface area contributed by atoms with Gasteiger partial charge in [0.1, 0.15) is 11.6 Å². The number of halogens is 1. The second-order valence-electron chi connectivity index (χ2n) is 5.55. The molecule has 1 saturated carbocycles. The highest BCUT2D eigenvalue weighted by Crippen LogP contribution is 2.39. The molecule has 0 radical (unpaired) electrons. The standard InChI is InChI=1S/C15H14ClN5O/c16-9-2-1-3-10-12(9)15(22)21(11-6-7-18-20-11)14(19-10)13(17)8-4-5-8/h1-3,6-8,13H,4-5,17H2,(H,18,20)/t13-/m1/s1. The van der Waals surface area contributed by atoms with Crippen molar-refractivity contribution in [1.82, 2.24) is 19.7 Å². The summed E-state index contributed by atoms with van der Waals surface area (Å²) in [5, 5.41) is 7.50. The third-order valence-electron chi connectivity index (χ3n) is 4.03. The molecule has 1 aliphatic carbocycles. The van der Waals surface area contributed by atoms with Crippen molar-refractivity contribution in [3.8, 4) is 5.82 Å². The predicted octanol–water partition coefficient (Wildman–Crippen LogP) is 2.17. The average Bonchev–Trinajstić information content (AvgIpc) is 3.22. The van der Waals surface area contributed by atoms with Crippen LogP contribution in [0, 0.1) is 5.92 Å². The minimum Gasteiger partial charge on any atom is -0.321 e. The van der Waals surface area contributed by atoms with E-state index in [2.05, 4.69) is 15.2 Å². The quantitative estimate of drug-likeness (QED) is 0.775. The second kappa shape index (κ2) is 4.93. The zero-order valence-electron chi connectivity index (χ0n) is 11.7. The fourth-order valence-electron chi connectivity index (χ4n) is 2.70. The summed E-state index contributed by atoms with van der Waals surface area (Å²) in [4.78, 5) is 17.6. The number of H-pyrrole nitrogens is 1. The molecule has 3 aromatic rings. The first-order chi connectivity index (χ1) is 10.7. The van der Waals surface area contributed by atoms with E-state index >= 15 is 0 Å². The van der Waals surface area contributed by atoms with Gasteiger partial charge < -0.3 is 5.73 Å². The van der Waals surface area contributed by atoms with Gasteiger partial charge in [-0.3, -0.25) is 9.89 Å². The van der Waals surface area contributed by atoms with E-state index in [0.717, 1.165) is 12.8 Å². The first kappa shape index (κ1) is 13.5. The van der Waals surface area contributed by atoms with Crippen LogP contribution in [0.25, 0.3) is 16.7 Å². The smallest absolute Gasteiger partial charge is 0.268 e. The van der Waals surface area contributed by atoms with Crippen LogP contribution < -0.4 is 11.3 Å². The molecule has 22 heavy (non-hydrogen) atoms. The summed E-state index contributed by atoms with van der Waals surface area (Å²) < 4.78 is 1.49. The van der Waals surface area contributed by atoms with E-state index in [1.165, 1.54) is 4.57 Å². The molecule has 2 heterocycles. The minimum absolute atomic E-state index is 0.231. The Hall–Kier alpha value is -2.18. The summed E-state index contributed by atoms with van der Waals surface area (Å²) in [5.74, 6) is 1.47. The van der Waals surface area contributed by atoms with Crippen LogP contribution in [-0.2, 0) is 0 Å². The van der Waals surface area contributed by atoms with Crippen LogP contribution in [0.4, 0.5) is 0 Å². The minimum atomic E-state index is -0.278. The average molecular weight is 316 g/mol. The van der Waals surface area contributed by atoms with Gasteiger partial charge in [-0.25, -0.2) is 9.55 Å². The molecule has 0 bridgehead atoms. The lowest BCUT2D eigenvalue weighted by Gasteiger charge is -2.17. The Morgan fingerprint density at radius 3 is 2.86 bits per heavy atom. The molecule has 0 spiro atoms. The Kier molecular flexibility index (Phi) is 3.02. The van der Waals surface area contributed by atoms with Crippen molar-refractivity contribution in [2.75, 3.05) is 0 Å². The second-order valence-corrected chi connectivity index (χ2v) is 5.96. The number of hydrogen-bond donors (Lipinski definition) is 2. The maximum atomic E-state index is 13.0. The van der Waals surface area contributed by atoms with Crippen LogP contribution in [-0.4, -0.2) is 19.7 Å². The Morgan fingerprint density at radius 1 is 1.36 bits per heavy atom. The van der Waals surface area contributed by atoms with Gasteiger partial charge in [-0.1, -0.05) is 17.7 Å². The summed E-state index contributed by atoms with van der Waals surface area (Å²) in [7, 11) is 0. The van der Waals surface area contributed by atoms with Gasteiger partial charge in [0.05, 0.1) is 28.2 Å². The Labute approximate surface area is 130 Å². The zero-order valence-corrected chi connectivity index (χ0v) is 12.4. The lowest BCUT2D eigenvalue weighted by atomic mass is 10.1. The molecule has 1 aliphatic rings. The van der Waals surface area contributed by atoms with E-state index in [-0.39, 0.29) is 11.6 Å². The fourth-order valence-corrected chi connectivity index (χ4v) is 2.95. The Bertz CT molecular complexity index is 898. The van der Waals surface area contributed by atoms with Gasteiger partial charge in [0.2, 0.25) is 0 Å². The molecule has 0 saturated heterocycles. The van der Waals surface area contributed by atoms with Crippen molar-refractivity contribution in [3.63, 3.8) is 0 Å². The van der Waals surface area contributed by atoms with E-state index < -0.39 is 0 Å². The maximum absolute atomic E-state index is 13.0. The van der Waals surface area contributed by atoms with Crippen LogP contribution in [0.15, 0.2) is 35.3 Å². The highest BCUT2D eigenvalue weighted by atomic mass is 35.5. The summed E-state index contributed by atoms with van der Waals surface area (Å²) in [6, 6.07) is 6.69. The van der Waals surface area contributed by atoms with Gasteiger partial charge in [-0.15, -0.1) is 0 Å². The zero-order chi connectivity index (χ0) is 15.3. The van der Waals surface area contributed by atoms with Gasteiger partial charge in [0.25, 0.3) is 5.56 Å². The molecule has 1 aromatic carbocycles. The number of aromatic nitrogens is 4. The number of rotatable bonds is 3. The van der Waals surface area contributed by atoms with Crippen LogP contribution in [0.2, 0.25) is 5.02 Å². The first-order valence-electron chi connectivity index (χ1n) is 7.13. The molecule has 1 fully saturated rings. The van der Waals surface area contributed by atoms with Gasteiger partial charge in [0.15, 0.2) is 0 Å². The fraction of sp³-hybridized carbons (Fsp3) is 0.267. The molecular weight excluding hydrogens is 302 g/mol. The molecule has 4 rings (SSSR count). The van der Waals surface area contributed by atoms with E-state index in [1.54, 1.807) is 30.5 Å². The maximum Gasteiger partial charge on any atom is 0.268 e. The molecule has 7 heteroatoms. The van der Waals surface area contributed by atoms with E-state index in [1.807, 2.05) is 0 Å². The van der Waals surface area contributed by atoms with Crippen molar-refractivity contribution in [1.29, 1.82) is 0 Å². The normalized spacial score (nSPS) is 16.1. The van der Waals surface area contributed by atoms with Crippen molar-refractivity contribution >= 4 is 22.5 Å². The topological polar surface area (TPSA) is 89.6 Å². The van der Waals surface area contributed by atoms with E-state index in [4.69, 9.17) is 17.3 Å². The number of benzene rings is 1. The number of hydrogen-bond acceptors (Lipinski definition) is 4. The summed E-state index contributed by atoms with van der Waals surface area (Å²) in [6.07, 6.45) is 3.71. The summed E-state index contributed by atoms with van der Waals surface area (Å²) in [6.45, 7) is 0. The summed E-state index contributed by atoms with van der Waals surface area (Å²) in [5.41, 5.74) is 6.65. The van der Waals surface area contributed by atoms with Crippen molar-refractivity contribution in [2.45, 2.75) is 18.9 Å². The van der Waals surface area contributed by atoms with Gasteiger partial charge in [-0.2, -0.15) is 5.10 Å². The number of nitrogens with one attached hydrogen (secondary N) is 1. The number of nitrogens with two attached hydrogens (primary N) is 1. The SMILES string of the molecule is N[C@@H](c1nc2cccc(Cl)c2c(=O)n1-c1ccn[nH]1)C1CC1. The molecule has 0 aliphatic heterocycles. The third kappa shape index (κ3) is 2.03.